The van der Waals surface area contributed by atoms with Gasteiger partial charge in [-0.1, -0.05) is 36.4 Å². The molecule has 0 aliphatic carbocycles. The van der Waals surface area contributed by atoms with Crippen molar-refractivity contribution >= 4 is 17.9 Å². The molecule has 42 heavy (non-hydrogen) atoms. The summed E-state index contributed by atoms with van der Waals surface area (Å²) in [6, 6.07) is 14.9. The van der Waals surface area contributed by atoms with E-state index < -0.39 is 5.60 Å². The number of carbonyl (C=O) groups excluding carboxylic acids is 3. The van der Waals surface area contributed by atoms with Gasteiger partial charge < -0.3 is 29.1 Å². The van der Waals surface area contributed by atoms with Crippen LogP contribution in [0.5, 0.6) is 0 Å². The number of nitrogens with zero attached hydrogens (tertiary/aromatic N) is 4. The Labute approximate surface area is 249 Å². The molecule has 0 radical (unpaired) electrons. The molecule has 0 atom stereocenters. The molecule has 226 valence electrons. The van der Waals surface area contributed by atoms with Crippen molar-refractivity contribution in [3.8, 4) is 11.1 Å². The second-order valence-corrected chi connectivity index (χ2v) is 12.7. The summed E-state index contributed by atoms with van der Waals surface area (Å²) < 4.78 is 11.4. The van der Waals surface area contributed by atoms with Crippen molar-refractivity contribution in [3.63, 3.8) is 0 Å². The minimum Gasteiger partial charge on any atom is -0.474 e. The van der Waals surface area contributed by atoms with Crippen LogP contribution in [-0.4, -0.2) is 101 Å². The van der Waals surface area contributed by atoms with E-state index in [0.717, 1.165) is 5.56 Å². The maximum absolute atomic E-state index is 13.8. The zero-order valence-electron chi connectivity index (χ0n) is 25.8. The minimum atomic E-state index is -0.573. The number of carbonyl (C=O) groups is 3. The minimum absolute atomic E-state index is 0.0687. The van der Waals surface area contributed by atoms with Crippen LogP contribution in [0.25, 0.3) is 11.1 Å². The van der Waals surface area contributed by atoms with E-state index in [0.29, 0.717) is 74.9 Å². The number of benzene rings is 2. The maximum Gasteiger partial charge on any atom is 0.410 e. The zero-order chi connectivity index (χ0) is 30.7. The maximum atomic E-state index is 13.8. The molecule has 0 spiro atoms. The monoisotopic (exact) mass is 576 g/mol. The quantitative estimate of drug-likeness (QED) is 0.461. The van der Waals surface area contributed by atoms with Crippen molar-refractivity contribution in [1.82, 2.24) is 19.6 Å². The molecular formula is C33H44N4O5. The standard InChI is InChI=1S/C33H44N4O5/c1-24(41-32(2,3)4)34-16-18-35(19-17-34)29(38)27-14-10-8-12-25(27)26-13-9-11-15-28(26)30(39)36-20-22-37(23-21-36)31(40)42-33(5,6)7/h8-15H,1,16-23H2,2-7H3. The summed E-state index contributed by atoms with van der Waals surface area (Å²) in [5, 5.41) is 0. The Morgan fingerprint density at radius 3 is 1.33 bits per heavy atom. The molecular weight excluding hydrogens is 532 g/mol. The first-order chi connectivity index (χ1) is 19.7. The van der Waals surface area contributed by atoms with E-state index in [9.17, 15) is 14.4 Å². The summed E-state index contributed by atoms with van der Waals surface area (Å²) >= 11 is 0. The van der Waals surface area contributed by atoms with Crippen LogP contribution < -0.4 is 0 Å². The van der Waals surface area contributed by atoms with Gasteiger partial charge in [-0.3, -0.25) is 9.59 Å². The zero-order valence-corrected chi connectivity index (χ0v) is 25.8. The topological polar surface area (TPSA) is 82.6 Å². The van der Waals surface area contributed by atoms with Crippen molar-refractivity contribution < 1.29 is 23.9 Å². The first-order valence-corrected chi connectivity index (χ1v) is 14.6. The summed E-state index contributed by atoms with van der Waals surface area (Å²) in [4.78, 5) is 47.3. The average Bonchev–Trinajstić information content (AvgIpc) is 2.95. The number of rotatable bonds is 5. The predicted octanol–water partition coefficient (Wildman–Crippen LogP) is 5.09. The third-order valence-electron chi connectivity index (χ3n) is 7.17. The Balaban J connectivity index is 1.47. The van der Waals surface area contributed by atoms with Crippen molar-refractivity contribution in [2.75, 3.05) is 52.4 Å². The number of hydrogen-bond acceptors (Lipinski definition) is 6. The molecule has 0 saturated carbocycles. The first kappa shape index (κ1) is 30.9. The Bertz CT molecular complexity index is 1210. The van der Waals surface area contributed by atoms with Gasteiger partial charge in [-0.15, -0.1) is 0 Å². The van der Waals surface area contributed by atoms with Gasteiger partial charge in [0, 0.05) is 63.5 Å². The van der Waals surface area contributed by atoms with Crippen LogP contribution >= 0.6 is 0 Å². The van der Waals surface area contributed by atoms with Gasteiger partial charge in [0.05, 0.1) is 0 Å². The highest BCUT2D eigenvalue weighted by Gasteiger charge is 2.30. The van der Waals surface area contributed by atoms with Gasteiger partial charge >= 0.3 is 6.09 Å². The smallest absolute Gasteiger partial charge is 0.410 e. The number of amides is 3. The Kier molecular flexibility index (Phi) is 9.18. The normalized spacial score (nSPS) is 16.2. The summed E-state index contributed by atoms with van der Waals surface area (Å²) in [6.45, 7) is 19.5. The van der Waals surface area contributed by atoms with E-state index in [1.54, 1.807) is 15.9 Å². The third kappa shape index (κ3) is 7.63. The van der Waals surface area contributed by atoms with Crippen LogP contribution in [0.15, 0.2) is 61.0 Å². The second-order valence-electron chi connectivity index (χ2n) is 12.7. The fraction of sp³-hybridized carbons (Fsp3) is 0.485. The van der Waals surface area contributed by atoms with E-state index in [2.05, 4.69) is 11.5 Å². The van der Waals surface area contributed by atoms with Gasteiger partial charge in [0.2, 0.25) is 0 Å². The molecule has 2 aromatic rings. The lowest BCUT2D eigenvalue weighted by molar-refractivity contribution is -0.00868. The lowest BCUT2D eigenvalue weighted by atomic mass is 9.94. The van der Waals surface area contributed by atoms with Crippen LogP contribution in [0.4, 0.5) is 4.79 Å². The number of hydrogen-bond donors (Lipinski definition) is 0. The lowest BCUT2D eigenvalue weighted by Gasteiger charge is -2.38. The molecule has 2 fully saturated rings. The number of piperazine rings is 2. The highest BCUT2D eigenvalue weighted by Crippen LogP contribution is 2.30. The van der Waals surface area contributed by atoms with Gasteiger partial charge in [-0.25, -0.2) is 4.79 Å². The molecule has 2 heterocycles. The van der Waals surface area contributed by atoms with E-state index in [-0.39, 0.29) is 23.5 Å². The van der Waals surface area contributed by atoms with Crippen LogP contribution in [-0.2, 0) is 9.47 Å². The van der Waals surface area contributed by atoms with E-state index >= 15 is 0 Å². The van der Waals surface area contributed by atoms with Crippen molar-refractivity contribution in [3.05, 3.63) is 72.1 Å². The van der Waals surface area contributed by atoms with Crippen LogP contribution in [0.2, 0.25) is 0 Å². The molecule has 3 amide bonds. The highest BCUT2D eigenvalue weighted by molar-refractivity contribution is 6.06. The fourth-order valence-corrected chi connectivity index (χ4v) is 5.15. The molecule has 4 rings (SSSR count). The lowest BCUT2D eigenvalue weighted by Crippen LogP contribution is -2.51. The molecule has 2 aliphatic rings. The summed E-state index contributed by atoms with van der Waals surface area (Å²) in [5.41, 5.74) is 1.62. The van der Waals surface area contributed by atoms with Crippen molar-refractivity contribution in [2.24, 2.45) is 0 Å². The predicted molar refractivity (Wildman–Crippen MR) is 163 cm³/mol. The summed E-state index contributed by atoms with van der Waals surface area (Å²) in [7, 11) is 0. The SMILES string of the molecule is C=C(OC(C)(C)C)N1CCN(C(=O)c2ccccc2-c2ccccc2C(=O)N2CCN(C(=O)OC(C)(C)C)CC2)CC1. The Morgan fingerprint density at radius 1 is 0.571 bits per heavy atom. The van der Waals surface area contributed by atoms with Crippen LogP contribution in [0, 0.1) is 0 Å². The summed E-state index contributed by atoms with van der Waals surface area (Å²) in [5.74, 6) is 0.429. The highest BCUT2D eigenvalue weighted by atomic mass is 16.6. The van der Waals surface area contributed by atoms with Gasteiger partial charge in [0.15, 0.2) is 5.88 Å². The van der Waals surface area contributed by atoms with Crippen molar-refractivity contribution in [2.45, 2.75) is 52.7 Å². The second kappa shape index (κ2) is 12.5. The molecule has 2 aliphatic heterocycles. The van der Waals surface area contributed by atoms with Crippen LogP contribution in [0.3, 0.4) is 0 Å². The molecule has 0 unspecified atom stereocenters. The molecule has 2 saturated heterocycles. The largest absolute Gasteiger partial charge is 0.474 e. The average molecular weight is 577 g/mol. The Morgan fingerprint density at radius 2 is 0.929 bits per heavy atom. The van der Waals surface area contributed by atoms with E-state index in [1.807, 2.05) is 88.9 Å². The number of ether oxygens (including phenoxy) is 2. The van der Waals surface area contributed by atoms with Gasteiger partial charge in [-0.05, 0) is 71.4 Å². The van der Waals surface area contributed by atoms with Crippen LogP contribution in [0.1, 0.15) is 62.3 Å². The van der Waals surface area contributed by atoms with Gasteiger partial charge in [-0.2, -0.15) is 0 Å². The molecule has 0 N–H and O–H groups in total. The van der Waals surface area contributed by atoms with Crippen molar-refractivity contribution in [1.29, 1.82) is 0 Å². The van der Waals surface area contributed by atoms with Gasteiger partial charge in [0.25, 0.3) is 11.8 Å². The molecule has 0 bridgehead atoms. The molecule has 9 nitrogen and oxygen atoms in total. The molecule has 9 heteroatoms. The van der Waals surface area contributed by atoms with E-state index in [4.69, 9.17) is 9.47 Å². The molecule has 2 aromatic carbocycles. The molecule has 0 aromatic heterocycles. The summed E-state index contributed by atoms with van der Waals surface area (Å²) in [6.07, 6.45) is -0.366. The third-order valence-corrected chi connectivity index (χ3v) is 7.17. The first-order valence-electron chi connectivity index (χ1n) is 14.6. The Hall–Kier alpha value is -4.01. The van der Waals surface area contributed by atoms with Gasteiger partial charge in [0.1, 0.15) is 11.2 Å². The fourth-order valence-electron chi connectivity index (χ4n) is 5.15. The van der Waals surface area contributed by atoms with E-state index in [1.165, 1.54) is 0 Å².